The fourth-order valence-electron chi connectivity index (χ4n) is 2.82. The zero-order valence-corrected chi connectivity index (χ0v) is 11.6. The Kier molecular flexibility index (Phi) is 3.79. The van der Waals surface area contributed by atoms with Gasteiger partial charge in [0.05, 0.1) is 18.1 Å². The van der Waals surface area contributed by atoms with Gasteiger partial charge in [-0.25, -0.2) is 0 Å². The van der Waals surface area contributed by atoms with Crippen molar-refractivity contribution in [3.8, 4) is 5.75 Å². The highest BCUT2D eigenvalue weighted by molar-refractivity contribution is 5.45. The SMILES string of the molecule is CCc1cc(O[C@@H]2CO[C@H]3[C@@H]2OC[C@H]3O)ccc1[N+](=O)[O-]. The summed E-state index contributed by atoms with van der Waals surface area (Å²) < 4.78 is 16.8. The Hall–Kier alpha value is -1.70. The van der Waals surface area contributed by atoms with Gasteiger partial charge in [0.2, 0.25) is 0 Å². The fourth-order valence-corrected chi connectivity index (χ4v) is 2.82. The van der Waals surface area contributed by atoms with Crippen molar-refractivity contribution >= 4 is 5.69 Å². The van der Waals surface area contributed by atoms with Crippen molar-refractivity contribution in [3.63, 3.8) is 0 Å². The van der Waals surface area contributed by atoms with Crippen molar-refractivity contribution in [2.75, 3.05) is 13.2 Å². The average molecular weight is 295 g/mol. The largest absolute Gasteiger partial charge is 0.485 e. The molecule has 0 aliphatic carbocycles. The van der Waals surface area contributed by atoms with Crippen molar-refractivity contribution in [3.05, 3.63) is 33.9 Å². The summed E-state index contributed by atoms with van der Waals surface area (Å²) >= 11 is 0. The number of rotatable bonds is 4. The van der Waals surface area contributed by atoms with E-state index in [2.05, 4.69) is 0 Å². The average Bonchev–Trinajstić information content (AvgIpc) is 3.03. The van der Waals surface area contributed by atoms with Crippen LogP contribution in [0.5, 0.6) is 5.75 Å². The maximum absolute atomic E-state index is 10.9. The number of benzene rings is 1. The van der Waals surface area contributed by atoms with Crippen LogP contribution in [-0.2, 0) is 15.9 Å². The van der Waals surface area contributed by atoms with Gasteiger partial charge in [0, 0.05) is 11.6 Å². The number of nitrogens with zero attached hydrogens (tertiary/aromatic N) is 1. The summed E-state index contributed by atoms with van der Waals surface area (Å²) in [6, 6.07) is 4.71. The minimum atomic E-state index is -0.619. The molecule has 0 bridgehead atoms. The zero-order valence-electron chi connectivity index (χ0n) is 11.6. The number of aliphatic hydroxyl groups is 1. The summed E-state index contributed by atoms with van der Waals surface area (Å²) in [5.74, 6) is 0.552. The van der Waals surface area contributed by atoms with E-state index in [0.717, 1.165) is 0 Å². The molecule has 7 nitrogen and oxygen atoms in total. The molecule has 0 spiro atoms. The lowest BCUT2D eigenvalue weighted by molar-refractivity contribution is -0.385. The molecule has 2 aliphatic rings. The summed E-state index contributed by atoms with van der Waals surface area (Å²) in [6.07, 6.45) is -1.01. The quantitative estimate of drug-likeness (QED) is 0.660. The molecular formula is C14H17NO6. The van der Waals surface area contributed by atoms with Gasteiger partial charge in [-0.05, 0) is 18.6 Å². The minimum absolute atomic E-state index is 0.0953. The predicted molar refractivity (Wildman–Crippen MR) is 72.4 cm³/mol. The smallest absolute Gasteiger partial charge is 0.272 e. The number of nitro benzene ring substituents is 1. The minimum Gasteiger partial charge on any atom is -0.485 e. The van der Waals surface area contributed by atoms with Crippen molar-refractivity contribution in [2.24, 2.45) is 0 Å². The Bertz CT molecular complexity index is 548. The normalized spacial score (nSPS) is 31.1. The monoisotopic (exact) mass is 295 g/mol. The van der Waals surface area contributed by atoms with Crippen LogP contribution < -0.4 is 4.74 Å². The molecule has 1 aromatic rings. The molecule has 7 heteroatoms. The number of aryl methyl sites for hydroxylation is 1. The van der Waals surface area contributed by atoms with Crippen LogP contribution in [0.1, 0.15) is 12.5 Å². The molecule has 2 heterocycles. The summed E-state index contributed by atoms with van der Waals surface area (Å²) in [4.78, 5) is 10.5. The van der Waals surface area contributed by atoms with Crippen molar-refractivity contribution < 1.29 is 24.2 Å². The van der Waals surface area contributed by atoms with E-state index in [1.54, 1.807) is 12.1 Å². The predicted octanol–water partition coefficient (Wildman–Crippen LogP) is 1.06. The lowest BCUT2D eigenvalue weighted by Gasteiger charge is -2.18. The Morgan fingerprint density at radius 2 is 2.14 bits per heavy atom. The van der Waals surface area contributed by atoms with Gasteiger partial charge < -0.3 is 19.3 Å². The Balaban J connectivity index is 1.75. The van der Waals surface area contributed by atoms with E-state index in [4.69, 9.17) is 14.2 Å². The number of hydrogen-bond acceptors (Lipinski definition) is 6. The van der Waals surface area contributed by atoms with Gasteiger partial charge in [0.15, 0.2) is 6.10 Å². The van der Waals surface area contributed by atoms with Gasteiger partial charge in [-0.2, -0.15) is 0 Å². The van der Waals surface area contributed by atoms with Crippen LogP contribution in [0.25, 0.3) is 0 Å². The van der Waals surface area contributed by atoms with E-state index in [-0.39, 0.29) is 30.6 Å². The van der Waals surface area contributed by atoms with Crippen LogP contribution in [0.4, 0.5) is 5.69 Å². The second-order valence-corrected chi connectivity index (χ2v) is 5.22. The molecule has 21 heavy (non-hydrogen) atoms. The first-order valence-electron chi connectivity index (χ1n) is 6.95. The van der Waals surface area contributed by atoms with E-state index in [0.29, 0.717) is 24.3 Å². The lowest BCUT2D eigenvalue weighted by Crippen LogP contribution is -2.34. The van der Waals surface area contributed by atoms with Crippen molar-refractivity contribution in [1.29, 1.82) is 0 Å². The highest BCUT2D eigenvalue weighted by Crippen LogP contribution is 2.31. The van der Waals surface area contributed by atoms with Crippen LogP contribution in [0.3, 0.4) is 0 Å². The topological polar surface area (TPSA) is 91.1 Å². The third-order valence-corrected chi connectivity index (χ3v) is 3.90. The van der Waals surface area contributed by atoms with Gasteiger partial charge in [0.1, 0.15) is 24.1 Å². The second kappa shape index (κ2) is 5.59. The van der Waals surface area contributed by atoms with Gasteiger partial charge in [-0.1, -0.05) is 6.92 Å². The van der Waals surface area contributed by atoms with E-state index >= 15 is 0 Å². The molecule has 1 N–H and O–H groups in total. The first-order valence-corrected chi connectivity index (χ1v) is 6.95. The molecule has 3 rings (SSSR count). The van der Waals surface area contributed by atoms with Crippen LogP contribution in [0.15, 0.2) is 18.2 Å². The molecule has 0 unspecified atom stereocenters. The Morgan fingerprint density at radius 3 is 2.86 bits per heavy atom. The number of aliphatic hydroxyl groups excluding tert-OH is 1. The number of nitro groups is 1. The molecule has 0 saturated carbocycles. The van der Waals surface area contributed by atoms with Gasteiger partial charge in [0.25, 0.3) is 5.69 Å². The maximum Gasteiger partial charge on any atom is 0.272 e. The van der Waals surface area contributed by atoms with E-state index < -0.39 is 11.0 Å². The maximum atomic E-state index is 10.9. The molecule has 1 aromatic carbocycles. The second-order valence-electron chi connectivity index (χ2n) is 5.22. The summed E-state index contributed by atoms with van der Waals surface area (Å²) in [7, 11) is 0. The van der Waals surface area contributed by atoms with Gasteiger partial charge in [-0.3, -0.25) is 10.1 Å². The third kappa shape index (κ3) is 2.59. The first-order chi connectivity index (χ1) is 10.1. The van der Waals surface area contributed by atoms with E-state index in [1.165, 1.54) is 6.07 Å². The number of hydrogen-bond donors (Lipinski definition) is 1. The van der Waals surface area contributed by atoms with Gasteiger partial charge >= 0.3 is 0 Å². The third-order valence-electron chi connectivity index (χ3n) is 3.90. The van der Waals surface area contributed by atoms with E-state index in [1.807, 2.05) is 6.92 Å². The Morgan fingerprint density at radius 1 is 1.38 bits per heavy atom. The molecular weight excluding hydrogens is 278 g/mol. The summed E-state index contributed by atoms with van der Waals surface area (Å²) in [5, 5.41) is 20.6. The van der Waals surface area contributed by atoms with Crippen molar-refractivity contribution in [1.82, 2.24) is 0 Å². The number of fused-ring (bicyclic) bond motifs is 1. The lowest BCUT2D eigenvalue weighted by atomic mass is 10.1. The summed E-state index contributed by atoms with van der Waals surface area (Å²) in [6.45, 7) is 2.44. The molecule has 0 aromatic heterocycles. The highest BCUT2D eigenvalue weighted by atomic mass is 16.6. The molecule has 2 aliphatic heterocycles. The zero-order chi connectivity index (χ0) is 15.0. The van der Waals surface area contributed by atoms with Gasteiger partial charge in [-0.15, -0.1) is 0 Å². The van der Waals surface area contributed by atoms with Crippen LogP contribution in [0, 0.1) is 10.1 Å². The molecule has 2 fully saturated rings. The van der Waals surface area contributed by atoms with E-state index in [9.17, 15) is 15.2 Å². The molecule has 0 radical (unpaired) electrons. The van der Waals surface area contributed by atoms with Crippen LogP contribution in [-0.4, -0.2) is 47.7 Å². The molecule has 0 amide bonds. The van der Waals surface area contributed by atoms with Crippen LogP contribution in [0.2, 0.25) is 0 Å². The van der Waals surface area contributed by atoms with Crippen molar-refractivity contribution in [2.45, 2.75) is 37.8 Å². The molecule has 4 atom stereocenters. The van der Waals surface area contributed by atoms with Crippen LogP contribution >= 0.6 is 0 Å². The molecule has 114 valence electrons. The fraction of sp³-hybridized carbons (Fsp3) is 0.571. The Labute approximate surface area is 121 Å². The highest BCUT2D eigenvalue weighted by Gasteiger charge is 2.48. The summed E-state index contributed by atoms with van der Waals surface area (Å²) in [5.41, 5.74) is 0.721. The number of ether oxygens (including phenoxy) is 3. The standard InChI is InChI=1S/C14H17NO6/c1-2-8-5-9(3-4-10(8)15(17)18)21-12-7-20-13-11(16)6-19-14(12)13/h3-5,11-14,16H,2,6-7H2,1H3/t11-,12-,13-,14-/m1/s1. The first kappa shape index (κ1) is 14.2. The molecule has 2 saturated heterocycles.